The van der Waals surface area contributed by atoms with Crippen molar-refractivity contribution in [3.05, 3.63) is 35.0 Å². The van der Waals surface area contributed by atoms with Crippen LogP contribution in [0.1, 0.15) is 16.8 Å². The van der Waals surface area contributed by atoms with Crippen molar-refractivity contribution in [3.63, 3.8) is 0 Å². The van der Waals surface area contributed by atoms with Crippen molar-refractivity contribution in [1.82, 2.24) is 15.2 Å². The van der Waals surface area contributed by atoms with E-state index >= 15 is 0 Å². The molecule has 1 aliphatic rings. The van der Waals surface area contributed by atoms with Crippen molar-refractivity contribution in [2.45, 2.75) is 19.4 Å². The Labute approximate surface area is 124 Å². The van der Waals surface area contributed by atoms with E-state index in [2.05, 4.69) is 34.4 Å². The van der Waals surface area contributed by atoms with E-state index in [1.165, 1.54) is 22.2 Å². The molecule has 0 fully saturated rings. The van der Waals surface area contributed by atoms with E-state index in [1.54, 1.807) is 0 Å². The Morgan fingerprint density at radius 3 is 2.95 bits per heavy atom. The molecule has 0 aliphatic heterocycles. The van der Waals surface area contributed by atoms with E-state index in [4.69, 9.17) is 5.11 Å². The smallest absolute Gasteiger partial charge is 0.404 e. The van der Waals surface area contributed by atoms with E-state index in [9.17, 15) is 4.79 Å². The molecule has 112 valence electrons. The Morgan fingerprint density at radius 2 is 2.24 bits per heavy atom. The largest absolute Gasteiger partial charge is 0.465 e. The number of fused-ring (bicyclic) bond motifs is 3. The lowest BCUT2D eigenvalue weighted by molar-refractivity contribution is 0.194. The molecule has 1 heterocycles. The summed E-state index contributed by atoms with van der Waals surface area (Å²) in [6.45, 7) is 1.39. The van der Waals surface area contributed by atoms with Gasteiger partial charge in [0, 0.05) is 30.2 Å². The van der Waals surface area contributed by atoms with Crippen LogP contribution in [0.15, 0.2) is 18.2 Å². The van der Waals surface area contributed by atoms with Gasteiger partial charge in [0.2, 0.25) is 0 Å². The first-order valence-electron chi connectivity index (χ1n) is 7.30. The van der Waals surface area contributed by atoms with Crippen LogP contribution in [-0.2, 0) is 26.4 Å². The number of carboxylic acid groups (broad SMARTS) is 1. The number of carbonyl (C=O) groups is 1. The number of hydrogen-bond acceptors (Lipinski definition) is 2. The number of hydrogen-bond donors (Lipinski definition) is 3. The van der Waals surface area contributed by atoms with Gasteiger partial charge >= 0.3 is 6.09 Å². The first kappa shape index (κ1) is 13.9. The minimum atomic E-state index is -0.984. The van der Waals surface area contributed by atoms with Gasteiger partial charge in [-0.1, -0.05) is 6.07 Å². The van der Waals surface area contributed by atoms with Crippen molar-refractivity contribution in [2.24, 2.45) is 13.0 Å². The summed E-state index contributed by atoms with van der Waals surface area (Å²) in [6.07, 6.45) is 1.23. The van der Waals surface area contributed by atoms with Crippen LogP contribution in [0, 0.1) is 5.92 Å². The third kappa shape index (κ3) is 2.49. The molecule has 1 amide bonds. The molecule has 5 heteroatoms. The highest BCUT2D eigenvalue weighted by molar-refractivity contribution is 5.87. The van der Waals surface area contributed by atoms with Crippen LogP contribution < -0.4 is 10.6 Å². The number of amides is 1. The summed E-state index contributed by atoms with van der Waals surface area (Å²) in [6, 6.07) is 6.23. The summed E-state index contributed by atoms with van der Waals surface area (Å²) in [4.78, 5) is 10.6. The molecule has 0 radical (unpaired) electrons. The molecule has 0 saturated carbocycles. The van der Waals surface area contributed by atoms with Crippen molar-refractivity contribution >= 4 is 17.0 Å². The van der Waals surface area contributed by atoms with Crippen molar-refractivity contribution in [2.75, 3.05) is 13.6 Å². The van der Waals surface area contributed by atoms with Gasteiger partial charge < -0.3 is 20.3 Å². The molecule has 3 N–H and O–H groups in total. The van der Waals surface area contributed by atoms with E-state index in [-0.39, 0.29) is 0 Å². The fraction of sp³-hybridized carbons (Fsp3) is 0.438. The average Bonchev–Trinajstić information content (AvgIpc) is 2.97. The summed E-state index contributed by atoms with van der Waals surface area (Å²) in [5.41, 5.74) is 5.11. The van der Waals surface area contributed by atoms with E-state index < -0.39 is 6.09 Å². The van der Waals surface area contributed by atoms with Crippen LogP contribution in [0.5, 0.6) is 0 Å². The summed E-state index contributed by atoms with van der Waals surface area (Å²) < 4.78 is 2.29. The third-order valence-corrected chi connectivity index (χ3v) is 4.41. The summed E-state index contributed by atoms with van der Waals surface area (Å²) in [5.74, 6) is 0.663. The van der Waals surface area contributed by atoms with Gasteiger partial charge in [0.05, 0.1) is 0 Å². The predicted molar refractivity (Wildman–Crippen MR) is 82.6 cm³/mol. The van der Waals surface area contributed by atoms with Gasteiger partial charge in [0.1, 0.15) is 0 Å². The second-order valence-corrected chi connectivity index (χ2v) is 5.83. The Bertz CT molecular complexity index is 690. The molecule has 5 nitrogen and oxygen atoms in total. The molecule has 3 rings (SSSR count). The van der Waals surface area contributed by atoms with E-state index in [0.29, 0.717) is 12.5 Å². The number of nitrogens with zero attached hydrogens (tertiary/aromatic N) is 1. The molecule has 0 saturated heterocycles. The lowest BCUT2D eigenvalue weighted by Crippen LogP contribution is -2.20. The van der Waals surface area contributed by atoms with Gasteiger partial charge in [0.15, 0.2) is 0 Å². The second-order valence-electron chi connectivity index (χ2n) is 5.83. The van der Waals surface area contributed by atoms with Crippen LogP contribution in [-0.4, -0.2) is 29.4 Å². The fourth-order valence-corrected chi connectivity index (χ4v) is 3.46. The number of rotatable bonds is 4. The van der Waals surface area contributed by atoms with E-state index in [0.717, 1.165) is 24.9 Å². The molecule has 1 aromatic heterocycles. The highest BCUT2D eigenvalue weighted by Gasteiger charge is 2.26. The van der Waals surface area contributed by atoms with Gasteiger partial charge in [0.25, 0.3) is 0 Å². The average molecular weight is 287 g/mol. The molecule has 1 atom stereocenters. The maximum absolute atomic E-state index is 10.6. The highest BCUT2D eigenvalue weighted by Crippen LogP contribution is 2.35. The lowest BCUT2D eigenvalue weighted by atomic mass is 10.0. The van der Waals surface area contributed by atoms with Crippen LogP contribution in [0.25, 0.3) is 10.9 Å². The van der Waals surface area contributed by atoms with Crippen LogP contribution in [0.4, 0.5) is 4.79 Å². The molecule has 0 bridgehead atoms. The third-order valence-electron chi connectivity index (χ3n) is 4.41. The zero-order valence-corrected chi connectivity index (χ0v) is 12.4. The maximum Gasteiger partial charge on any atom is 0.404 e. The maximum atomic E-state index is 10.6. The van der Waals surface area contributed by atoms with Gasteiger partial charge in [-0.05, 0) is 55.6 Å². The molecule has 1 aliphatic carbocycles. The molecule has 1 aromatic carbocycles. The highest BCUT2D eigenvalue weighted by atomic mass is 16.4. The normalized spacial score (nSPS) is 17.1. The molecular formula is C16H21N3O2. The Balaban J connectivity index is 1.94. The number of nitrogens with one attached hydrogen (secondary N) is 2. The fourth-order valence-electron chi connectivity index (χ4n) is 3.46. The topological polar surface area (TPSA) is 66.3 Å². The first-order chi connectivity index (χ1) is 10.1. The zero-order chi connectivity index (χ0) is 15.0. The Morgan fingerprint density at radius 1 is 1.43 bits per heavy atom. The quantitative estimate of drug-likeness (QED) is 0.804. The lowest BCUT2D eigenvalue weighted by Gasteiger charge is -2.10. The van der Waals surface area contributed by atoms with Crippen LogP contribution in [0.3, 0.4) is 0 Å². The van der Waals surface area contributed by atoms with Gasteiger partial charge in [-0.25, -0.2) is 4.79 Å². The molecular weight excluding hydrogens is 266 g/mol. The predicted octanol–water partition coefficient (Wildman–Crippen LogP) is 1.88. The van der Waals surface area contributed by atoms with Crippen molar-refractivity contribution in [3.8, 4) is 0 Å². The number of benzene rings is 1. The minimum Gasteiger partial charge on any atom is -0.465 e. The monoisotopic (exact) mass is 287 g/mol. The second kappa shape index (κ2) is 5.41. The van der Waals surface area contributed by atoms with Gasteiger partial charge in [-0.15, -0.1) is 0 Å². The van der Waals surface area contributed by atoms with Gasteiger partial charge in [-0.2, -0.15) is 0 Å². The number of aryl methyl sites for hydroxylation is 1. The summed E-state index contributed by atoms with van der Waals surface area (Å²) in [5, 5.41) is 15.7. The standard InChI is InChI=1S/C16H21N3O2/c1-17-8-11-6-13-12-5-10(9-18-16(20)21)3-4-14(12)19(2)15(13)7-11/h3-5,11,17-18H,6-9H2,1-2H3,(H,20,21). The van der Waals surface area contributed by atoms with Gasteiger partial charge in [-0.3, -0.25) is 0 Å². The first-order valence-corrected chi connectivity index (χ1v) is 7.30. The molecule has 0 spiro atoms. The van der Waals surface area contributed by atoms with Crippen molar-refractivity contribution in [1.29, 1.82) is 0 Å². The van der Waals surface area contributed by atoms with Crippen LogP contribution >= 0.6 is 0 Å². The Hall–Kier alpha value is -2.01. The summed E-state index contributed by atoms with van der Waals surface area (Å²) >= 11 is 0. The molecule has 2 aromatic rings. The molecule has 1 unspecified atom stereocenters. The van der Waals surface area contributed by atoms with Crippen molar-refractivity contribution < 1.29 is 9.90 Å². The molecule has 21 heavy (non-hydrogen) atoms. The Kier molecular flexibility index (Phi) is 3.59. The number of aromatic nitrogens is 1. The van der Waals surface area contributed by atoms with Crippen LogP contribution in [0.2, 0.25) is 0 Å². The SMILES string of the molecule is CNCC1Cc2c(n(C)c3ccc(CNC(=O)O)cc23)C1. The summed E-state index contributed by atoms with van der Waals surface area (Å²) in [7, 11) is 4.12. The minimum absolute atomic E-state index is 0.356. The zero-order valence-electron chi connectivity index (χ0n) is 12.4. The van der Waals surface area contributed by atoms with E-state index in [1.807, 2.05) is 13.1 Å².